The number of anilines is 2. The zero-order chi connectivity index (χ0) is 62.5. The minimum absolute atomic E-state index is 0.0529. The first-order chi connectivity index (χ1) is 41.6. The molecular weight excluding hydrogens is 1160 g/mol. The molecule has 0 radical (unpaired) electrons. The summed E-state index contributed by atoms with van der Waals surface area (Å²) in [4.78, 5) is 40.2. The molecule has 2 N–H and O–H groups in total. The number of pyridine rings is 1. The van der Waals surface area contributed by atoms with Crippen molar-refractivity contribution < 1.29 is 31.4 Å². The third kappa shape index (κ3) is 13.7. The Morgan fingerprint density at radius 3 is 2.09 bits per heavy atom. The molecule has 4 aliphatic carbocycles. The van der Waals surface area contributed by atoms with Gasteiger partial charge in [-0.3, -0.25) is 19.0 Å². The van der Waals surface area contributed by atoms with Crippen molar-refractivity contribution in [3.63, 3.8) is 0 Å². The number of hydrogen-bond donors (Lipinski definition) is 2. The first-order valence-electron chi connectivity index (χ1n) is 31.7. The van der Waals surface area contributed by atoms with Crippen LogP contribution < -0.4 is 25.9 Å². The Bertz CT molecular complexity index is 3710. The van der Waals surface area contributed by atoms with Gasteiger partial charge in [0.25, 0.3) is 24.3 Å². The lowest BCUT2D eigenvalue weighted by Gasteiger charge is -2.70. The Morgan fingerprint density at radius 1 is 0.750 bits per heavy atom. The molecule has 12 rings (SSSR count). The molecule has 1 amide bonds. The predicted molar refractivity (Wildman–Crippen MR) is 357 cm³/mol. The zero-order valence-corrected chi connectivity index (χ0v) is 56.3. The van der Waals surface area contributed by atoms with Gasteiger partial charge in [0.1, 0.15) is 11.4 Å². The molecule has 17 heteroatoms. The monoisotopic (exact) mass is 1250 g/mol. The molecule has 2 unspecified atom stereocenters. The second-order valence-corrected chi connectivity index (χ2v) is 37.0. The van der Waals surface area contributed by atoms with Crippen molar-refractivity contribution in [1.29, 1.82) is 0 Å². The summed E-state index contributed by atoms with van der Waals surface area (Å²) in [5.74, 6) is -0.155. The fourth-order valence-electron chi connectivity index (χ4n) is 16.8. The van der Waals surface area contributed by atoms with Gasteiger partial charge >= 0.3 is 5.97 Å². The fraction of sp³-hybridized carbons (Fsp3) is 0.507. The molecule has 4 bridgehead atoms. The summed E-state index contributed by atoms with van der Waals surface area (Å²) in [7, 11) is -6.49. The van der Waals surface area contributed by atoms with Crippen LogP contribution in [0.5, 0.6) is 0 Å². The van der Waals surface area contributed by atoms with Crippen molar-refractivity contribution in [3.8, 4) is 11.1 Å². The number of esters is 1. The van der Waals surface area contributed by atoms with E-state index in [1.165, 1.54) is 41.0 Å². The Hall–Kier alpha value is -6.08. The fourth-order valence-corrected chi connectivity index (χ4v) is 23.2. The number of ether oxygens (including phenoxy) is 1. The molecule has 4 heterocycles. The van der Waals surface area contributed by atoms with Crippen molar-refractivity contribution in [2.24, 2.45) is 27.1 Å². The normalized spacial score (nSPS) is 22.1. The van der Waals surface area contributed by atoms with Crippen LogP contribution in [-0.4, -0.2) is 92.6 Å². The van der Waals surface area contributed by atoms with Gasteiger partial charge in [0.05, 0.1) is 28.8 Å². The number of rotatable bonds is 23. The minimum atomic E-state index is -3.76. The maximum atomic E-state index is 14.4. The lowest BCUT2D eigenvalue weighted by Crippen LogP contribution is -2.66. The van der Waals surface area contributed by atoms with Crippen LogP contribution in [0.1, 0.15) is 165 Å². The summed E-state index contributed by atoms with van der Waals surface area (Å²) in [6, 6.07) is 38.9. The van der Waals surface area contributed by atoms with Gasteiger partial charge in [0.15, 0.2) is 10.8 Å². The predicted octanol–water partition coefficient (Wildman–Crippen LogP) is 13.7. The summed E-state index contributed by atoms with van der Waals surface area (Å²) < 4.78 is 48.9. The van der Waals surface area contributed by atoms with Crippen LogP contribution in [0.4, 0.5) is 10.9 Å². The first kappa shape index (κ1) is 63.5. The van der Waals surface area contributed by atoms with E-state index in [0.717, 1.165) is 77.8 Å². The van der Waals surface area contributed by atoms with E-state index in [4.69, 9.17) is 23.4 Å². The molecule has 14 nitrogen and oxygen atoms in total. The molecule has 7 aromatic rings. The number of thiazole rings is 1. The van der Waals surface area contributed by atoms with Crippen LogP contribution >= 0.6 is 11.3 Å². The van der Waals surface area contributed by atoms with E-state index < -0.39 is 35.4 Å². The van der Waals surface area contributed by atoms with E-state index in [9.17, 15) is 18.0 Å². The lowest BCUT2D eigenvalue weighted by molar-refractivity contribution is -0.197. The number of carbonyl (C=O) groups excluding carboxylic acids is 2. The van der Waals surface area contributed by atoms with Crippen molar-refractivity contribution in [2.45, 2.75) is 164 Å². The Kier molecular flexibility index (Phi) is 17.5. The number of hydrogen-bond acceptors (Lipinski definition) is 13. The van der Waals surface area contributed by atoms with Crippen LogP contribution in [0.2, 0.25) is 5.04 Å². The summed E-state index contributed by atoms with van der Waals surface area (Å²) in [6.07, 6.45) is 12.4. The van der Waals surface area contributed by atoms with Gasteiger partial charge in [-0.2, -0.15) is 13.5 Å². The number of para-hydroxylation sites is 1. The molecular formula is C71H91N7O7S2Si. The van der Waals surface area contributed by atoms with E-state index in [1.54, 1.807) is 0 Å². The highest BCUT2D eigenvalue weighted by molar-refractivity contribution is 7.86. The first-order valence-corrected chi connectivity index (χ1v) is 36.0. The van der Waals surface area contributed by atoms with Crippen LogP contribution in [0.15, 0.2) is 121 Å². The summed E-state index contributed by atoms with van der Waals surface area (Å²) >= 11 is 1.45. The number of benzene rings is 4. The smallest absolute Gasteiger partial charge is 0.358 e. The van der Waals surface area contributed by atoms with Crippen LogP contribution in [0, 0.1) is 34.0 Å². The second-order valence-electron chi connectivity index (χ2n) is 29.9. The number of fused-ring (bicyclic) bond motifs is 2. The molecule has 88 heavy (non-hydrogen) atoms. The topological polar surface area (TPSA) is 167 Å². The lowest BCUT2D eigenvalue weighted by atomic mass is 9.35. The second kappa shape index (κ2) is 24.3. The van der Waals surface area contributed by atoms with Gasteiger partial charge in [0.2, 0.25) is 0 Å². The third-order valence-electron chi connectivity index (χ3n) is 19.3. The minimum Gasteiger partial charge on any atom is -0.455 e. The highest BCUT2D eigenvalue weighted by atomic mass is 32.2. The van der Waals surface area contributed by atoms with Gasteiger partial charge < -0.3 is 19.4 Å². The summed E-state index contributed by atoms with van der Waals surface area (Å²) in [6.45, 7) is 27.2. The van der Waals surface area contributed by atoms with E-state index in [0.29, 0.717) is 61.2 Å². The van der Waals surface area contributed by atoms with Gasteiger partial charge in [0, 0.05) is 55.2 Å². The number of amides is 1. The van der Waals surface area contributed by atoms with Gasteiger partial charge in [-0.05, 0) is 182 Å². The maximum Gasteiger partial charge on any atom is 0.358 e. The summed E-state index contributed by atoms with van der Waals surface area (Å²) in [5.41, 5.74) is 5.72. The number of nitrogens with one attached hydrogen (secondary N) is 2. The molecule has 0 spiro atoms. The Labute approximate surface area is 527 Å². The molecule has 468 valence electrons. The molecule has 2 atom stereocenters. The molecule has 3 aromatic heterocycles. The Morgan fingerprint density at radius 2 is 1.42 bits per heavy atom. The average Bonchev–Trinajstić information content (AvgIpc) is 0.718. The maximum absolute atomic E-state index is 14.4. The zero-order valence-electron chi connectivity index (χ0n) is 53.7. The molecule has 0 saturated heterocycles. The van der Waals surface area contributed by atoms with E-state index in [1.807, 2.05) is 87.6 Å². The van der Waals surface area contributed by atoms with Crippen molar-refractivity contribution in [1.82, 2.24) is 25.1 Å². The standard InChI is InChI=1S/C71H91N7O7S2Si/c1-50-56(54-30-31-60(75-61(54)63(80)85-65(2,3)4)77-37-32-51-22-20-27-55(57(51)41-77)62(79)76-64-74-58-28-18-19-29-59(58)86-64)40-73-78(50)48-71-45-68(10)42-69(11,46-71)44-70(43-68,47-71)33-21-35-72-36-39-87(81,82)83-49-67(8,9)34-38-84-88(66(5,6)7,52-23-14-12-15-24-52)53-25-16-13-17-26-53/h12-20,22-31,40,72H,21,32-39,41-49H2,1-11H3,(H,74,76,79). The van der Waals surface area contributed by atoms with Crippen molar-refractivity contribution in [2.75, 3.05) is 48.8 Å². The Balaban J connectivity index is 0.716. The SMILES string of the molecule is Cc1c(-c2ccc(N3CCc4cccc(C(=O)Nc5nc6ccccc6s5)c4C3)nc2C(=O)OC(C)(C)C)cnn1CC12CC3(C)CC(C)(CC(CCCNCCS(=O)(=O)OCC(C)(C)CCO[Si](c4ccccc4)(c4ccccc4)C(C)(C)C)(C3)C1)C2. The number of carbonyl (C=O) groups is 2. The third-order valence-corrected chi connectivity index (χ3v) is 26.4. The van der Waals surface area contributed by atoms with Crippen LogP contribution in [0.25, 0.3) is 21.3 Å². The molecule has 4 aromatic carbocycles. The van der Waals surface area contributed by atoms with E-state index >= 15 is 0 Å². The van der Waals surface area contributed by atoms with Gasteiger partial charge in [-0.1, -0.05) is 145 Å². The molecule has 4 fully saturated rings. The van der Waals surface area contributed by atoms with Gasteiger partial charge in [-0.25, -0.2) is 14.8 Å². The highest BCUT2D eigenvalue weighted by Gasteiger charge is 2.65. The number of aromatic nitrogens is 4. The highest BCUT2D eigenvalue weighted by Crippen LogP contribution is 2.75. The van der Waals surface area contributed by atoms with Gasteiger partial charge in [-0.15, -0.1) is 0 Å². The van der Waals surface area contributed by atoms with Crippen LogP contribution in [-0.2, 0) is 43.0 Å². The molecule has 4 saturated carbocycles. The van der Waals surface area contributed by atoms with Crippen LogP contribution in [0.3, 0.4) is 0 Å². The largest absolute Gasteiger partial charge is 0.455 e. The number of nitrogens with zero attached hydrogens (tertiary/aromatic N) is 5. The van der Waals surface area contributed by atoms with Crippen molar-refractivity contribution in [3.05, 3.63) is 150 Å². The average molecular weight is 1250 g/mol. The van der Waals surface area contributed by atoms with E-state index in [2.05, 4.69) is 135 Å². The van der Waals surface area contributed by atoms with Crippen molar-refractivity contribution >= 4 is 73.2 Å². The molecule has 1 aliphatic heterocycles. The van der Waals surface area contributed by atoms with E-state index in [-0.39, 0.29) is 50.7 Å². The molecule has 5 aliphatic rings. The summed E-state index contributed by atoms with van der Waals surface area (Å²) in [5, 5.41) is 14.5. The quantitative estimate of drug-likeness (QED) is 0.0270.